The number of rotatable bonds is 8. The van der Waals surface area contributed by atoms with Gasteiger partial charge in [-0.2, -0.15) is 0 Å². The average molecular weight is 374 g/mol. The van der Waals surface area contributed by atoms with Gasteiger partial charge in [0.15, 0.2) is 11.4 Å². The molecule has 0 saturated heterocycles. The highest BCUT2D eigenvalue weighted by Gasteiger charge is 2.27. The molecule has 2 N–H and O–H groups in total. The lowest BCUT2D eigenvalue weighted by Gasteiger charge is -2.17. The van der Waals surface area contributed by atoms with Crippen LogP contribution in [-0.2, 0) is 12.8 Å². The maximum absolute atomic E-state index is 12.9. The number of fused-ring (bicyclic) bond motifs is 1. The quantitative estimate of drug-likeness (QED) is 0.503. The van der Waals surface area contributed by atoms with Gasteiger partial charge in [0.25, 0.3) is 0 Å². The molecule has 1 aromatic heterocycles. The summed E-state index contributed by atoms with van der Waals surface area (Å²) in [5.74, 6) is -0.168. The zero-order valence-electron chi connectivity index (χ0n) is 16.9. The van der Waals surface area contributed by atoms with Crippen molar-refractivity contribution in [1.29, 1.82) is 0 Å². The predicted molar refractivity (Wildman–Crippen MR) is 107 cm³/mol. The van der Waals surface area contributed by atoms with Crippen LogP contribution in [0.4, 0.5) is 0 Å². The van der Waals surface area contributed by atoms with Crippen LogP contribution in [0.3, 0.4) is 0 Å². The van der Waals surface area contributed by atoms with E-state index >= 15 is 0 Å². The van der Waals surface area contributed by atoms with Gasteiger partial charge in [-0.05, 0) is 36.7 Å². The SMILES string of the molecule is CCCc1cc(=O)oc2c(C(=O)CC(C)C)c(O)c(CCC(C)C)c(O)c12. The molecular weight excluding hydrogens is 344 g/mol. The Hall–Kier alpha value is -2.30. The first-order valence-electron chi connectivity index (χ1n) is 9.73. The van der Waals surface area contributed by atoms with Gasteiger partial charge in [-0.1, -0.05) is 41.0 Å². The van der Waals surface area contributed by atoms with E-state index < -0.39 is 5.63 Å². The van der Waals surface area contributed by atoms with Crippen LogP contribution in [0.25, 0.3) is 11.0 Å². The first kappa shape index (κ1) is 21.0. The van der Waals surface area contributed by atoms with E-state index in [1.54, 1.807) is 0 Å². The molecular formula is C22H30O5. The number of hydrogen-bond acceptors (Lipinski definition) is 5. The summed E-state index contributed by atoms with van der Waals surface area (Å²) in [6.07, 6.45) is 2.76. The van der Waals surface area contributed by atoms with Gasteiger partial charge >= 0.3 is 5.63 Å². The fourth-order valence-corrected chi connectivity index (χ4v) is 3.37. The molecule has 0 bridgehead atoms. The van der Waals surface area contributed by atoms with Gasteiger partial charge in [0.05, 0.1) is 5.39 Å². The van der Waals surface area contributed by atoms with Gasteiger partial charge in [-0.15, -0.1) is 0 Å². The molecule has 0 aliphatic carbocycles. The van der Waals surface area contributed by atoms with Gasteiger partial charge in [0, 0.05) is 18.1 Å². The van der Waals surface area contributed by atoms with Crippen LogP contribution < -0.4 is 5.63 Å². The summed E-state index contributed by atoms with van der Waals surface area (Å²) in [4.78, 5) is 24.9. The van der Waals surface area contributed by atoms with Gasteiger partial charge in [-0.3, -0.25) is 4.79 Å². The van der Waals surface area contributed by atoms with Crippen molar-refractivity contribution in [1.82, 2.24) is 0 Å². The highest BCUT2D eigenvalue weighted by molar-refractivity contribution is 6.11. The van der Waals surface area contributed by atoms with Gasteiger partial charge in [0.2, 0.25) is 0 Å². The summed E-state index contributed by atoms with van der Waals surface area (Å²) in [5, 5.41) is 22.1. The highest BCUT2D eigenvalue weighted by atomic mass is 16.4. The van der Waals surface area contributed by atoms with E-state index in [0.717, 1.165) is 12.8 Å². The summed E-state index contributed by atoms with van der Waals surface area (Å²) < 4.78 is 5.33. The van der Waals surface area contributed by atoms with E-state index in [-0.39, 0.29) is 40.8 Å². The van der Waals surface area contributed by atoms with Crippen LogP contribution in [-0.4, -0.2) is 16.0 Å². The third-order valence-electron chi connectivity index (χ3n) is 4.68. The average Bonchev–Trinajstić information content (AvgIpc) is 2.53. The third kappa shape index (κ3) is 4.52. The summed E-state index contributed by atoms with van der Waals surface area (Å²) in [6.45, 7) is 9.91. The zero-order chi connectivity index (χ0) is 20.3. The molecule has 2 aromatic rings. The third-order valence-corrected chi connectivity index (χ3v) is 4.68. The fourth-order valence-electron chi connectivity index (χ4n) is 3.37. The fraction of sp³-hybridized carbons (Fsp3) is 0.545. The molecule has 0 spiro atoms. The number of Topliss-reactive ketones (excluding diaryl/α,β-unsaturated/α-hetero) is 1. The molecule has 0 aliphatic heterocycles. The van der Waals surface area contributed by atoms with Gasteiger partial charge < -0.3 is 14.6 Å². The van der Waals surface area contributed by atoms with Crippen LogP contribution >= 0.6 is 0 Å². The van der Waals surface area contributed by atoms with E-state index in [9.17, 15) is 19.8 Å². The van der Waals surface area contributed by atoms with Crippen molar-refractivity contribution in [2.45, 2.75) is 66.7 Å². The minimum absolute atomic E-state index is 0.0000954. The Morgan fingerprint density at radius 1 is 1.07 bits per heavy atom. The molecule has 27 heavy (non-hydrogen) atoms. The zero-order valence-corrected chi connectivity index (χ0v) is 16.9. The molecule has 148 valence electrons. The van der Waals surface area contributed by atoms with E-state index in [1.165, 1.54) is 6.07 Å². The molecule has 2 rings (SSSR count). The van der Waals surface area contributed by atoms with Crippen molar-refractivity contribution in [3.8, 4) is 11.5 Å². The Morgan fingerprint density at radius 3 is 2.30 bits per heavy atom. The predicted octanol–water partition coefficient (Wildman–Crippen LogP) is 4.97. The second-order valence-corrected chi connectivity index (χ2v) is 8.05. The molecule has 0 atom stereocenters. The first-order chi connectivity index (χ1) is 12.7. The van der Waals surface area contributed by atoms with Crippen molar-refractivity contribution in [2.24, 2.45) is 11.8 Å². The molecule has 0 unspecified atom stereocenters. The Kier molecular flexibility index (Phi) is 6.68. The van der Waals surface area contributed by atoms with Gasteiger partial charge in [0.1, 0.15) is 17.1 Å². The number of benzene rings is 1. The van der Waals surface area contributed by atoms with E-state index in [0.29, 0.717) is 35.3 Å². The van der Waals surface area contributed by atoms with E-state index in [4.69, 9.17) is 4.42 Å². The Bertz CT molecular complexity index is 890. The van der Waals surface area contributed by atoms with Crippen LogP contribution in [0.2, 0.25) is 0 Å². The van der Waals surface area contributed by atoms with Crippen molar-refractivity contribution >= 4 is 16.8 Å². The number of hydrogen-bond donors (Lipinski definition) is 2. The topological polar surface area (TPSA) is 87.7 Å². The lowest BCUT2D eigenvalue weighted by atomic mass is 9.90. The van der Waals surface area contributed by atoms with Crippen LogP contribution in [0.5, 0.6) is 11.5 Å². The Morgan fingerprint density at radius 2 is 1.74 bits per heavy atom. The number of carbonyl (C=O) groups is 1. The molecule has 1 heterocycles. The second kappa shape index (κ2) is 8.59. The molecule has 5 heteroatoms. The van der Waals surface area contributed by atoms with Crippen LogP contribution in [0, 0.1) is 11.8 Å². The minimum Gasteiger partial charge on any atom is -0.507 e. The first-order valence-corrected chi connectivity index (χ1v) is 9.73. The summed E-state index contributed by atoms with van der Waals surface area (Å²) in [7, 11) is 0. The summed E-state index contributed by atoms with van der Waals surface area (Å²) in [6, 6.07) is 1.37. The summed E-state index contributed by atoms with van der Waals surface area (Å²) in [5.41, 5.74) is 0.434. The Labute approximate surface area is 160 Å². The number of phenols is 2. The second-order valence-electron chi connectivity index (χ2n) is 8.05. The summed E-state index contributed by atoms with van der Waals surface area (Å²) >= 11 is 0. The normalized spacial score (nSPS) is 11.7. The molecule has 0 saturated carbocycles. The highest BCUT2D eigenvalue weighted by Crippen LogP contribution is 2.42. The standard InChI is InChI=1S/C22H30O5/c1-6-7-14-11-17(24)27-22-18(14)20(25)15(9-8-12(2)3)21(26)19(22)16(23)10-13(4)5/h11-13,25-26H,6-10H2,1-5H3. The molecule has 1 aromatic carbocycles. The van der Waals surface area contributed by atoms with Crippen molar-refractivity contribution in [2.75, 3.05) is 0 Å². The molecule has 0 aliphatic rings. The maximum atomic E-state index is 12.9. The number of phenolic OH excluding ortho intramolecular Hbond substituents is 2. The van der Waals surface area contributed by atoms with Crippen molar-refractivity contribution in [3.63, 3.8) is 0 Å². The van der Waals surface area contributed by atoms with E-state index in [1.807, 2.05) is 20.8 Å². The lowest BCUT2D eigenvalue weighted by molar-refractivity contribution is 0.0965. The molecule has 0 amide bonds. The van der Waals surface area contributed by atoms with E-state index in [2.05, 4.69) is 13.8 Å². The van der Waals surface area contributed by atoms with Crippen molar-refractivity contribution in [3.05, 3.63) is 33.2 Å². The largest absolute Gasteiger partial charge is 0.507 e. The lowest BCUT2D eigenvalue weighted by Crippen LogP contribution is -2.10. The van der Waals surface area contributed by atoms with Crippen molar-refractivity contribution < 1.29 is 19.4 Å². The molecule has 5 nitrogen and oxygen atoms in total. The molecule has 0 radical (unpaired) electrons. The smallest absolute Gasteiger partial charge is 0.336 e. The number of aromatic hydroxyl groups is 2. The van der Waals surface area contributed by atoms with Crippen LogP contribution in [0.15, 0.2) is 15.3 Å². The number of carbonyl (C=O) groups excluding carboxylic acids is 1. The maximum Gasteiger partial charge on any atom is 0.336 e. The molecule has 0 fully saturated rings. The number of ketones is 1. The minimum atomic E-state index is -0.585. The number of aryl methyl sites for hydroxylation is 1. The van der Waals surface area contributed by atoms with Gasteiger partial charge in [-0.25, -0.2) is 4.79 Å². The monoisotopic (exact) mass is 374 g/mol. The Balaban J connectivity index is 2.87. The van der Waals surface area contributed by atoms with Crippen LogP contribution in [0.1, 0.15) is 75.4 Å².